The lowest BCUT2D eigenvalue weighted by Gasteiger charge is -2.11. The van der Waals surface area contributed by atoms with E-state index in [1.165, 1.54) is 5.56 Å². The van der Waals surface area contributed by atoms with Crippen molar-refractivity contribution in [3.8, 4) is 11.3 Å². The number of anilines is 2. The van der Waals surface area contributed by atoms with Gasteiger partial charge in [-0.1, -0.05) is 12.1 Å². The third kappa shape index (κ3) is 2.57. The molecule has 0 unspecified atom stereocenters. The highest BCUT2D eigenvalue weighted by Gasteiger charge is 2.17. The van der Waals surface area contributed by atoms with Gasteiger partial charge in [0.2, 0.25) is 5.78 Å². The highest BCUT2D eigenvalue weighted by molar-refractivity contribution is 7.08. The van der Waals surface area contributed by atoms with Crippen LogP contribution in [0.25, 0.3) is 17.0 Å². The smallest absolute Gasteiger partial charge is 0.236 e. The Labute approximate surface area is 144 Å². The van der Waals surface area contributed by atoms with E-state index >= 15 is 0 Å². The van der Waals surface area contributed by atoms with Crippen LogP contribution in [0.2, 0.25) is 0 Å². The third-order valence-electron chi connectivity index (χ3n) is 3.98. The number of aromatic nitrogens is 3. The van der Waals surface area contributed by atoms with Crippen LogP contribution in [0.5, 0.6) is 0 Å². The number of thiophene rings is 1. The number of nitrogens with one attached hydrogen (secondary N) is 1. The van der Waals surface area contributed by atoms with Crippen molar-refractivity contribution in [2.45, 2.75) is 20.8 Å². The van der Waals surface area contributed by atoms with Gasteiger partial charge in [0.15, 0.2) is 0 Å². The maximum absolute atomic E-state index is 4.79. The van der Waals surface area contributed by atoms with Crippen LogP contribution in [0.3, 0.4) is 0 Å². The summed E-state index contributed by atoms with van der Waals surface area (Å²) in [5, 5.41) is 7.74. The van der Waals surface area contributed by atoms with Crippen molar-refractivity contribution in [1.82, 2.24) is 14.4 Å². The Morgan fingerprint density at radius 1 is 1.04 bits per heavy atom. The molecule has 0 spiro atoms. The molecule has 0 saturated carbocycles. The molecule has 5 heteroatoms. The first-order valence-electron chi connectivity index (χ1n) is 7.85. The molecule has 1 aromatic carbocycles. The molecule has 0 bridgehead atoms. The highest BCUT2D eigenvalue weighted by atomic mass is 32.1. The molecule has 3 heterocycles. The van der Waals surface area contributed by atoms with Crippen molar-refractivity contribution in [1.29, 1.82) is 0 Å². The van der Waals surface area contributed by atoms with Crippen molar-refractivity contribution in [2.75, 3.05) is 5.32 Å². The molecule has 0 aliphatic carbocycles. The molecule has 120 valence electrons. The van der Waals surface area contributed by atoms with E-state index in [1.54, 1.807) is 11.3 Å². The molecule has 24 heavy (non-hydrogen) atoms. The lowest BCUT2D eigenvalue weighted by molar-refractivity contribution is 1.02. The lowest BCUT2D eigenvalue weighted by Crippen LogP contribution is -2.01. The van der Waals surface area contributed by atoms with Gasteiger partial charge in [0, 0.05) is 28.0 Å². The summed E-state index contributed by atoms with van der Waals surface area (Å²) in [5.41, 5.74) is 6.40. The van der Waals surface area contributed by atoms with Crippen molar-refractivity contribution in [2.24, 2.45) is 0 Å². The molecule has 0 radical (unpaired) electrons. The fraction of sp³-hybridized carbons (Fsp3) is 0.158. The van der Waals surface area contributed by atoms with Crippen molar-refractivity contribution in [3.63, 3.8) is 0 Å². The van der Waals surface area contributed by atoms with Crippen LogP contribution >= 0.6 is 11.3 Å². The molecule has 0 amide bonds. The minimum atomic E-state index is 0.726. The molecule has 1 N–H and O–H groups in total. The number of fused-ring (bicyclic) bond motifs is 1. The molecule has 0 fully saturated rings. The molecule has 0 saturated heterocycles. The molecule has 4 aromatic rings. The largest absolute Gasteiger partial charge is 0.339 e. The molecular weight excluding hydrogens is 316 g/mol. The van der Waals surface area contributed by atoms with Gasteiger partial charge in [-0.15, -0.1) is 0 Å². The Hall–Kier alpha value is -2.66. The van der Waals surface area contributed by atoms with Gasteiger partial charge in [0.1, 0.15) is 11.5 Å². The minimum Gasteiger partial charge on any atom is -0.339 e. The standard InChI is InChI=1S/C19H18N4S/c1-12-5-4-6-16(9-12)21-18-17(15-7-8-24-11-15)22-19-20-13(2)10-14(3)23(18)19/h4-11,21H,1-3H3. The number of hydrogen-bond donors (Lipinski definition) is 1. The number of aryl methyl sites for hydroxylation is 3. The quantitative estimate of drug-likeness (QED) is 0.565. The molecule has 4 rings (SSSR count). The van der Waals surface area contributed by atoms with Crippen molar-refractivity contribution in [3.05, 3.63) is 64.1 Å². The van der Waals surface area contributed by atoms with Crippen molar-refractivity contribution < 1.29 is 0 Å². The summed E-state index contributed by atoms with van der Waals surface area (Å²) < 4.78 is 2.09. The van der Waals surface area contributed by atoms with Gasteiger partial charge in [-0.2, -0.15) is 11.3 Å². The molecule has 0 aliphatic rings. The zero-order valence-electron chi connectivity index (χ0n) is 13.9. The van der Waals surface area contributed by atoms with Crippen LogP contribution in [0, 0.1) is 20.8 Å². The van der Waals surface area contributed by atoms with Gasteiger partial charge in [0.05, 0.1) is 0 Å². The summed E-state index contributed by atoms with van der Waals surface area (Å²) in [6, 6.07) is 12.5. The zero-order valence-corrected chi connectivity index (χ0v) is 14.7. The first-order valence-corrected chi connectivity index (χ1v) is 8.79. The molecule has 4 nitrogen and oxygen atoms in total. The van der Waals surface area contributed by atoms with Gasteiger partial charge in [0.25, 0.3) is 0 Å². The SMILES string of the molecule is Cc1cccc(Nc2c(-c3ccsc3)nc3nc(C)cc(C)n23)c1. The number of imidazole rings is 1. The number of rotatable bonds is 3. The van der Waals surface area contributed by atoms with Crippen LogP contribution < -0.4 is 5.32 Å². The van der Waals surface area contributed by atoms with Gasteiger partial charge in [-0.05, 0) is 56.0 Å². The summed E-state index contributed by atoms with van der Waals surface area (Å²) in [4.78, 5) is 9.39. The van der Waals surface area contributed by atoms with Gasteiger partial charge in [-0.3, -0.25) is 4.40 Å². The predicted molar refractivity (Wildman–Crippen MR) is 100 cm³/mol. The van der Waals surface area contributed by atoms with Gasteiger partial charge < -0.3 is 5.32 Å². The van der Waals surface area contributed by atoms with E-state index in [0.29, 0.717) is 0 Å². The second kappa shape index (κ2) is 5.76. The van der Waals surface area contributed by atoms with Crippen LogP contribution in [0.1, 0.15) is 17.0 Å². The first kappa shape index (κ1) is 14.9. The topological polar surface area (TPSA) is 42.2 Å². The Morgan fingerprint density at radius 2 is 1.92 bits per heavy atom. The van der Waals surface area contributed by atoms with E-state index in [0.717, 1.165) is 39.9 Å². The van der Waals surface area contributed by atoms with E-state index < -0.39 is 0 Å². The average molecular weight is 334 g/mol. The molecule has 3 aromatic heterocycles. The van der Waals surface area contributed by atoms with Crippen LogP contribution in [-0.2, 0) is 0 Å². The van der Waals surface area contributed by atoms with Gasteiger partial charge in [-0.25, -0.2) is 9.97 Å². The molecule has 0 aliphatic heterocycles. The Morgan fingerprint density at radius 3 is 2.67 bits per heavy atom. The average Bonchev–Trinajstić information content (AvgIpc) is 3.15. The second-order valence-electron chi connectivity index (χ2n) is 5.99. The Balaban J connectivity index is 1.95. The van der Waals surface area contributed by atoms with E-state index in [2.05, 4.69) is 75.7 Å². The highest BCUT2D eigenvalue weighted by Crippen LogP contribution is 2.33. The monoisotopic (exact) mass is 334 g/mol. The fourth-order valence-corrected chi connectivity index (χ4v) is 3.59. The number of benzene rings is 1. The predicted octanol–water partition coefficient (Wildman–Crippen LogP) is 5.13. The third-order valence-corrected chi connectivity index (χ3v) is 4.67. The van der Waals surface area contributed by atoms with E-state index in [-0.39, 0.29) is 0 Å². The van der Waals surface area contributed by atoms with E-state index in [4.69, 9.17) is 4.98 Å². The zero-order chi connectivity index (χ0) is 16.7. The summed E-state index contributed by atoms with van der Waals surface area (Å²) in [7, 11) is 0. The maximum Gasteiger partial charge on any atom is 0.236 e. The summed E-state index contributed by atoms with van der Waals surface area (Å²) in [6.07, 6.45) is 0. The van der Waals surface area contributed by atoms with Crippen LogP contribution in [-0.4, -0.2) is 14.4 Å². The molecular formula is C19H18N4S. The molecule has 0 atom stereocenters. The fourth-order valence-electron chi connectivity index (χ4n) is 2.95. The van der Waals surface area contributed by atoms with Crippen molar-refractivity contribution >= 4 is 28.6 Å². The van der Waals surface area contributed by atoms with E-state index in [9.17, 15) is 0 Å². The first-order chi connectivity index (χ1) is 11.6. The maximum atomic E-state index is 4.79. The normalized spacial score (nSPS) is 11.1. The second-order valence-corrected chi connectivity index (χ2v) is 6.77. The summed E-state index contributed by atoms with van der Waals surface area (Å²) >= 11 is 1.67. The van der Waals surface area contributed by atoms with Gasteiger partial charge >= 0.3 is 0 Å². The summed E-state index contributed by atoms with van der Waals surface area (Å²) in [6.45, 7) is 6.18. The Kier molecular flexibility index (Phi) is 3.58. The minimum absolute atomic E-state index is 0.726. The summed E-state index contributed by atoms with van der Waals surface area (Å²) in [5.74, 6) is 1.68. The lowest BCUT2D eigenvalue weighted by atomic mass is 10.2. The van der Waals surface area contributed by atoms with Crippen LogP contribution in [0.15, 0.2) is 47.2 Å². The Bertz CT molecular complexity index is 1020. The van der Waals surface area contributed by atoms with Crippen LogP contribution in [0.4, 0.5) is 11.5 Å². The number of hydrogen-bond acceptors (Lipinski definition) is 4. The van der Waals surface area contributed by atoms with E-state index in [1.807, 2.05) is 6.92 Å². The number of nitrogens with zero attached hydrogens (tertiary/aromatic N) is 3.